The van der Waals surface area contributed by atoms with E-state index in [1.807, 2.05) is 0 Å². The highest BCUT2D eigenvalue weighted by molar-refractivity contribution is 7.91. The maximum absolute atomic E-state index is 14.7. The van der Waals surface area contributed by atoms with Gasteiger partial charge in [0.1, 0.15) is 47.2 Å². The fraction of sp³-hybridized carbons (Fsp3) is 0.553. The van der Waals surface area contributed by atoms with Gasteiger partial charge in [0.25, 0.3) is 5.91 Å². The third kappa shape index (κ3) is 8.20. The van der Waals surface area contributed by atoms with Crippen LogP contribution in [0, 0.1) is 5.92 Å². The second kappa shape index (κ2) is 14.8. The zero-order valence-electron chi connectivity index (χ0n) is 32.0. The Hall–Kier alpha value is -5.46. The fourth-order valence-corrected chi connectivity index (χ4v) is 9.03. The van der Waals surface area contributed by atoms with Crippen molar-refractivity contribution in [1.29, 1.82) is 0 Å². The first-order valence-electron chi connectivity index (χ1n) is 18.8. The number of esters is 1. The number of morpholine rings is 1. The second-order valence-corrected chi connectivity index (χ2v) is 18.1. The maximum Gasteiger partial charge on any atom is 0.408 e. The molecule has 18 nitrogen and oxygen atoms in total. The molecule has 5 fully saturated rings. The third-order valence-electron chi connectivity index (χ3n) is 10.8. The number of alkyl carbamates (subject to hydrolysis) is 1. The number of nitrogens with one attached hydrogen (secondary N) is 3. The molecule has 4 heterocycles. The molecule has 2 unspecified atom stereocenters. The van der Waals surface area contributed by atoms with E-state index < -0.39 is 105 Å². The van der Waals surface area contributed by atoms with Crippen molar-refractivity contribution in [3.63, 3.8) is 0 Å². The van der Waals surface area contributed by atoms with Crippen LogP contribution in [0.4, 0.5) is 4.79 Å². The summed E-state index contributed by atoms with van der Waals surface area (Å²) in [6, 6.07) is 3.32. The minimum absolute atomic E-state index is 0.0655. The van der Waals surface area contributed by atoms with E-state index in [9.17, 15) is 37.2 Å². The summed E-state index contributed by atoms with van der Waals surface area (Å²) >= 11 is 0. The number of ether oxygens (including phenoxy) is 4. The van der Waals surface area contributed by atoms with Crippen LogP contribution < -0.4 is 24.8 Å². The van der Waals surface area contributed by atoms with Gasteiger partial charge in [-0.1, -0.05) is 6.08 Å². The zero-order chi connectivity index (χ0) is 41.0. The molecule has 0 spiro atoms. The highest BCUT2D eigenvalue weighted by Gasteiger charge is 2.62. The van der Waals surface area contributed by atoms with Gasteiger partial charge in [-0.25, -0.2) is 23.0 Å². The lowest BCUT2D eigenvalue weighted by molar-refractivity contribution is -0.157. The number of hydrogen-bond acceptors (Lipinski definition) is 13. The molecule has 1 aromatic carbocycles. The number of nitrogens with zero attached hydrogens (tertiary/aromatic N) is 3. The van der Waals surface area contributed by atoms with Gasteiger partial charge in [-0.15, -0.1) is 6.58 Å². The van der Waals surface area contributed by atoms with Crippen molar-refractivity contribution >= 4 is 56.5 Å². The molecular formula is C38H46N6O12S. The van der Waals surface area contributed by atoms with E-state index in [2.05, 4.69) is 26.9 Å². The number of fused-ring (bicyclic) bond motifs is 3. The van der Waals surface area contributed by atoms with Gasteiger partial charge in [0, 0.05) is 30.3 Å². The topological polar surface area (TPSA) is 229 Å². The Morgan fingerprint density at radius 2 is 1.86 bits per heavy atom. The number of sulfonamides is 1. The Labute approximate surface area is 329 Å². The Morgan fingerprint density at radius 3 is 2.49 bits per heavy atom. The molecule has 5 aliphatic rings. The summed E-state index contributed by atoms with van der Waals surface area (Å²) in [6.45, 7) is 8.52. The smallest absolute Gasteiger partial charge is 0.408 e. The summed E-state index contributed by atoms with van der Waals surface area (Å²) in [4.78, 5) is 88.6. The summed E-state index contributed by atoms with van der Waals surface area (Å²) in [5, 5.41) is 5.89. The van der Waals surface area contributed by atoms with Crippen LogP contribution in [0.2, 0.25) is 0 Å². The number of methoxy groups -OCH3 is 1. The zero-order valence-corrected chi connectivity index (χ0v) is 32.8. The van der Waals surface area contributed by atoms with E-state index in [0.29, 0.717) is 30.4 Å². The van der Waals surface area contributed by atoms with Gasteiger partial charge < -0.3 is 39.4 Å². The molecule has 2 saturated carbocycles. The van der Waals surface area contributed by atoms with Crippen LogP contribution in [-0.4, -0.2) is 126 Å². The molecule has 19 heteroatoms. The van der Waals surface area contributed by atoms with Crippen molar-refractivity contribution in [2.75, 3.05) is 20.2 Å². The van der Waals surface area contributed by atoms with Crippen LogP contribution in [-0.2, 0) is 43.5 Å². The molecule has 2 aliphatic carbocycles. The predicted octanol–water partition coefficient (Wildman–Crippen LogP) is 1.07. The van der Waals surface area contributed by atoms with Gasteiger partial charge in [0.05, 0.1) is 31.9 Å². The first kappa shape index (κ1) is 39.8. The molecule has 3 aliphatic heterocycles. The molecule has 2 aromatic rings. The molecule has 7 atom stereocenters. The average molecular weight is 811 g/mol. The lowest BCUT2D eigenvalue weighted by Crippen LogP contribution is -2.59. The van der Waals surface area contributed by atoms with Crippen LogP contribution in [0.25, 0.3) is 10.8 Å². The molecule has 1 aromatic heterocycles. The number of amides is 5. The number of pyridine rings is 1. The van der Waals surface area contributed by atoms with Gasteiger partial charge >= 0.3 is 12.1 Å². The van der Waals surface area contributed by atoms with E-state index in [1.54, 1.807) is 45.0 Å². The highest BCUT2D eigenvalue weighted by Crippen LogP contribution is 2.45. The van der Waals surface area contributed by atoms with Crippen molar-refractivity contribution in [2.24, 2.45) is 5.92 Å². The van der Waals surface area contributed by atoms with Crippen LogP contribution >= 0.6 is 0 Å². The van der Waals surface area contributed by atoms with E-state index >= 15 is 0 Å². The maximum atomic E-state index is 14.7. The fourth-order valence-electron chi connectivity index (χ4n) is 7.67. The van der Waals surface area contributed by atoms with Gasteiger partial charge in [0.15, 0.2) is 0 Å². The van der Waals surface area contributed by atoms with Gasteiger partial charge in [0.2, 0.25) is 33.6 Å². The van der Waals surface area contributed by atoms with Crippen LogP contribution in [0.3, 0.4) is 0 Å². The van der Waals surface area contributed by atoms with Gasteiger partial charge in [-0.2, -0.15) is 0 Å². The minimum atomic E-state index is -3.97. The first-order valence-corrected chi connectivity index (χ1v) is 20.4. The van der Waals surface area contributed by atoms with Crippen LogP contribution in [0.15, 0.2) is 43.1 Å². The monoisotopic (exact) mass is 810 g/mol. The molecule has 57 heavy (non-hydrogen) atoms. The quantitative estimate of drug-likeness (QED) is 0.190. The standard InChI is InChI=1S/C38H46N6O12S/c1-6-21-17-38(21,35(49)42-57(51,52)25-8-9-25)41-31(46)28-14-23(54-32-26-10-7-22(53-5)13-20(26)11-12-39-32)19-44(28)33(47)27(40-36(50)56-37(2,3)4)16-30(45)43-18-24-15-29(43)34(48)55-24/h6-7,10-13,21,23-25,27-29H,1,8-9,14-19H2,2-5H3,(H,40,50)(H,41,46)(H,42,49)/t21-,23?,24+,27+,28?,29+,38-/m1/s1. The first-order chi connectivity index (χ1) is 26.9. The summed E-state index contributed by atoms with van der Waals surface area (Å²) in [7, 11) is -2.43. The SMILES string of the molecule is C=C[C@@H]1C[C@]1(NC(=O)C1CC(Oc2nccc3cc(OC)ccc23)CN1C(=O)[C@H](CC(=O)N1C[C@@H]2C[C@H]1C(=O)O2)NC(=O)OC(C)(C)C)C(=O)NS(=O)(=O)C1CC1. The molecular weight excluding hydrogens is 765 g/mol. The molecule has 5 amide bonds. The minimum Gasteiger partial charge on any atom is -0.497 e. The normalized spacial score (nSPS) is 26.9. The van der Waals surface area contributed by atoms with Crippen molar-refractivity contribution < 1.29 is 56.1 Å². The number of hydrogen-bond donors (Lipinski definition) is 3. The Balaban J connectivity index is 1.18. The largest absolute Gasteiger partial charge is 0.497 e. The van der Waals surface area contributed by atoms with Crippen LogP contribution in [0.5, 0.6) is 11.6 Å². The van der Waals surface area contributed by atoms with E-state index in [0.717, 1.165) is 10.3 Å². The second-order valence-electron chi connectivity index (χ2n) is 16.1. The summed E-state index contributed by atoms with van der Waals surface area (Å²) in [5.41, 5.74) is -2.63. The number of rotatable bonds is 13. The lowest BCUT2D eigenvalue weighted by Gasteiger charge is -2.31. The number of aromatic nitrogens is 1. The van der Waals surface area contributed by atoms with E-state index in [-0.39, 0.29) is 31.8 Å². The Morgan fingerprint density at radius 1 is 1.11 bits per heavy atom. The van der Waals surface area contributed by atoms with E-state index in [1.165, 1.54) is 24.3 Å². The summed E-state index contributed by atoms with van der Waals surface area (Å²) in [6.07, 6.45) is 1.16. The lowest BCUT2D eigenvalue weighted by atomic mass is 10.1. The Bertz CT molecular complexity index is 2140. The number of benzene rings is 1. The van der Waals surface area contributed by atoms with Gasteiger partial charge in [-0.05, 0) is 69.7 Å². The van der Waals surface area contributed by atoms with Crippen LogP contribution in [0.1, 0.15) is 59.3 Å². The molecule has 7 rings (SSSR count). The highest BCUT2D eigenvalue weighted by atomic mass is 32.2. The van der Waals surface area contributed by atoms with Crippen molar-refractivity contribution in [2.45, 2.75) is 106 Å². The summed E-state index contributed by atoms with van der Waals surface area (Å²) in [5.74, 6) is -3.50. The Kier molecular flexibility index (Phi) is 10.3. The number of carbonyl (C=O) groups excluding carboxylic acids is 6. The van der Waals surface area contributed by atoms with E-state index in [4.69, 9.17) is 18.9 Å². The van der Waals surface area contributed by atoms with Crippen molar-refractivity contribution in [3.05, 3.63) is 43.1 Å². The van der Waals surface area contributed by atoms with Crippen molar-refractivity contribution in [1.82, 2.24) is 30.1 Å². The summed E-state index contributed by atoms with van der Waals surface area (Å²) < 4.78 is 49.9. The number of carbonyl (C=O) groups is 6. The average Bonchev–Trinajstić information content (AvgIpc) is 4.00. The molecule has 0 radical (unpaired) electrons. The molecule has 2 bridgehead atoms. The molecule has 3 N–H and O–H groups in total. The molecule has 306 valence electrons. The van der Waals surface area contributed by atoms with Gasteiger partial charge in [-0.3, -0.25) is 23.9 Å². The third-order valence-corrected chi connectivity index (χ3v) is 12.6. The molecule has 3 saturated heterocycles. The number of likely N-dealkylation sites (tertiary alicyclic amines) is 2. The predicted molar refractivity (Wildman–Crippen MR) is 200 cm³/mol. The van der Waals surface area contributed by atoms with Crippen molar-refractivity contribution in [3.8, 4) is 11.6 Å².